The molecule has 3 aliphatic rings. The van der Waals surface area contributed by atoms with Crippen LogP contribution < -0.4 is 0 Å². The summed E-state index contributed by atoms with van der Waals surface area (Å²) < 4.78 is 94.7. The van der Waals surface area contributed by atoms with Crippen molar-refractivity contribution < 1.29 is 95.1 Å². The molecule has 0 bridgehead atoms. The molecule has 2 N–H and O–H groups in total. The number of likely N-dealkylation sites (N-methyl/N-ethyl adjacent to an activating group) is 1. The monoisotopic (exact) mass is 1150 g/mol. The van der Waals surface area contributed by atoms with Crippen LogP contribution in [0, 0.1) is 23.7 Å². The minimum absolute atomic E-state index is 0.00773. The molecular weight excluding hydrogens is 1060 g/mol. The summed E-state index contributed by atoms with van der Waals surface area (Å²) in [5.41, 5.74) is -3.36. The van der Waals surface area contributed by atoms with Crippen molar-refractivity contribution in [2.75, 3.05) is 40.8 Å². The second kappa shape index (κ2) is 29.4. The van der Waals surface area contributed by atoms with Crippen molar-refractivity contribution in [2.45, 2.75) is 206 Å². The number of carbonyl (C=O) groups is 4. The SMILES string of the molecule is CCOP(=O)(CO[C@@H]1[C@@H](C)C(=O)[C@H](C)C[C@](C)(OC)[C@H](O[C@@H]2O[C@H](C)C[C@H](N(C)C(=O)OCc3ccccc3)[C@H]2OC(=O)OCc2ccccc2)[C@@H](C)[C@H](O[C@H]2C[C@@](C)(OC)[C@@H](O)[C@H](C)O2)[C@@H](C)C(=O)O[C@H](CC)[C@@]1(C)O)OCC. The first-order valence-electron chi connectivity index (χ1n) is 27.9. The Morgan fingerprint density at radius 2 is 1.34 bits per heavy atom. The third-order valence-corrected chi connectivity index (χ3v) is 17.8. The fraction of sp³-hybridized carbons (Fsp3) is 0.724. The van der Waals surface area contributed by atoms with Gasteiger partial charge in [0.2, 0.25) is 0 Å². The zero-order valence-corrected chi connectivity index (χ0v) is 50.3. The van der Waals surface area contributed by atoms with Crippen LogP contribution in [0.2, 0.25) is 0 Å². The van der Waals surface area contributed by atoms with Crippen LogP contribution in [0.25, 0.3) is 0 Å². The van der Waals surface area contributed by atoms with Gasteiger partial charge in [-0.05, 0) is 85.8 Å². The van der Waals surface area contributed by atoms with Crippen molar-refractivity contribution in [1.82, 2.24) is 4.90 Å². The van der Waals surface area contributed by atoms with Crippen molar-refractivity contribution in [3.05, 3.63) is 71.8 Å². The van der Waals surface area contributed by atoms with E-state index < -0.39 is 146 Å². The quantitative estimate of drug-likeness (QED) is 0.0714. The fourth-order valence-electron chi connectivity index (χ4n) is 11.4. The Morgan fingerprint density at radius 1 is 0.762 bits per heavy atom. The number of esters is 1. The van der Waals surface area contributed by atoms with Gasteiger partial charge in [-0.1, -0.05) is 88.4 Å². The Hall–Kier alpha value is -4.09. The van der Waals surface area contributed by atoms with Crippen LogP contribution in [0.5, 0.6) is 0 Å². The molecule has 3 aliphatic heterocycles. The summed E-state index contributed by atoms with van der Waals surface area (Å²) in [5.74, 6) is -5.46. The first kappa shape index (κ1) is 66.7. The number of amides is 1. The summed E-state index contributed by atoms with van der Waals surface area (Å²) in [4.78, 5) is 59.5. The fourth-order valence-corrected chi connectivity index (χ4v) is 12.7. The maximum absolute atomic E-state index is 15.1. The van der Waals surface area contributed by atoms with Crippen LogP contribution >= 0.6 is 7.60 Å². The zero-order chi connectivity index (χ0) is 59.3. The molecule has 3 heterocycles. The number of carbonyl (C=O) groups excluding carboxylic acids is 4. The molecule has 0 unspecified atom stereocenters. The lowest BCUT2D eigenvalue weighted by Crippen LogP contribution is -2.62. The highest BCUT2D eigenvalue weighted by molar-refractivity contribution is 7.53. The Labute approximate surface area is 472 Å². The average molecular weight is 1150 g/mol. The van der Waals surface area contributed by atoms with Crippen molar-refractivity contribution >= 4 is 31.6 Å². The van der Waals surface area contributed by atoms with Gasteiger partial charge in [0, 0.05) is 45.4 Å². The molecule has 2 aromatic carbocycles. The molecule has 3 fully saturated rings. The molecule has 80 heavy (non-hydrogen) atoms. The van der Waals surface area contributed by atoms with Crippen molar-refractivity contribution in [2.24, 2.45) is 23.7 Å². The third-order valence-electron chi connectivity index (χ3n) is 16.0. The summed E-state index contributed by atoms with van der Waals surface area (Å²) in [6.45, 7) is 19.8. The molecule has 18 atom stereocenters. The molecule has 1 amide bonds. The zero-order valence-electron chi connectivity index (χ0n) is 49.4. The summed E-state index contributed by atoms with van der Waals surface area (Å²) in [6.07, 6.45) is -14.1. The van der Waals surface area contributed by atoms with Gasteiger partial charge >= 0.3 is 25.8 Å². The van der Waals surface area contributed by atoms with Crippen molar-refractivity contribution in [1.29, 1.82) is 0 Å². The van der Waals surface area contributed by atoms with Crippen LogP contribution in [0.3, 0.4) is 0 Å². The summed E-state index contributed by atoms with van der Waals surface area (Å²) in [5, 5.41) is 23.9. The molecule has 2 aromatic rings. The van der Waals surface area contributed by atoms with Crippen molar-refractivity contribution in [3.63, 3.8) is 0 Å². The topological polar surface area (TPSA) is 249 Å². The van der Waals surface area contributed by atoms with Gasteiger partial charge in [0.15, 0.2) is 18.7 Å². The number of hydrogen-bond donors (Lipinski definition) is 2. The van der Waals surface area contributed by atoms with E-state index in [9.17, 15) is 24.4 Å². The molecule has 22 heteroatoms. The Morgan fingerprint density at radius 3 is 1.89 bits per heavy atom. The molecule has 0 saturated carbocycles. The van der Waals surface area contributed by atoms with Gasteiger partial charge in [-0.3, -0.25) is 14.2 Å². The number of rotatable bonds is 20. The minimum Gasteiger partial charge on any atom is -0.459 e. The second-order valence-electron chi connectivity index (χ2n) is 22.2. The number of nitrogens with zero attached hydrogens (tertiary/aromatic N) is 1. The number of hydrogen-bond acceptors (Lipinski definition) is 20. The highest BCUT2D eigenvalue weighted by Gasteiger charge is 2.56. The molecule has 0 aliphatic carbocycles. The normalized spacial score (nSPS) is 35.8. The lowest BCUT2D eigenvalue weighted by atomic mass is 9.73. The van der Waals surface area contributed by atoms with E-state index in [0.29, 0.717) is 5.56 Å². The molecule has 0 aromatic heterocycles. The number of ether oxygens (including phenoxy) is 11. The smallest absolute Gasteiger partial charge is 0.459 e. The van der Waals surface area contributed by atoms with Gasteiger partial charge in [-0.25, -0.2) is 9.59 Å². The maximum Gasteiger partial charge on any atom is 0.509 e. The van der Waals surface area contributed by atoms with Gasteiger partial charge < -0.3 is 76.3 Å². The van der Waals surface area contributed by atoms with E-state index in [4.69, 9.17) is 61.2 Å². The summed E-state index contributed by atoms with van der Waals surface area (Å²) in [6, 6.07) is 17.2. The lowest BCUT2D eigenvalue weighted by Gasteiger charge is -2.50. The highest BCUT2D eigenvalue weighted by Crippen LogP contribution is 2.50. The van der Waals surface area contributed by atoms with E-state index in [2.05, 4.69) is 0 Å². The summed E-state index contributed by atoms with van der Waals surface area (Å²) in [7, 11) is 0.508. The predicted octanol–water partition coefficient (Wildman–Crippen LogP) is 8.76. The third kappa shape index (κ3) is 16.6. The van der Waals surface area contributed by atoms with Crippen LogP contribution in [0.15, 0.2) is 60.7 Å². The number of benzene rings is 2. The van der Waals surface area contributed by atoms with Gasteiger partial charge in [-0.2, -0.15) is 0 Å². The molecule has 5 rings (SSSR count). The van der Waals surface area contributed by atoms with Crippen molar-refractivity contribution in [3.8, 4) is 0 Å². The molecule has 0 radical (unpaired) electrons. The van der Waals surface area contributed by atoms with E-state index >= 15 is 9.59 Å². The molecule has 452 valence electrons. The first-order valence-corrected chi connectivity index (χ1v) is 29.6. The second-order valence-corrected chi connectivity index (χ2v) is 24.1. The Balaban J connectivity index is 1.67. The number of aliphatic hydroxyl groups excluding tert-OH is 1. The maximum atomic E-state index is 15.1. The van der Waals surface area contributed by atoms with E-state index in [-0.39, 0.29) is 52.1 Å². The van der Waals surface area contributed by atoms with E-state index in [0.717, 1.165) is 5.56 Å². The number of cyclic esters (lactones) is 1. The first-order chi connectivity index (χ1) is 37.7. The average Bonchev–Trinajstić information content (AvgIpc) is 3.45. The number of ketones is 1. The largest absolute Gasteiger partial charge is 0.509 e. The van der Waals surface area contributed by atoms with E-state index in [1.807, 2.05) is 36.4 Å². The minimum atomic E-state index is -3.92. The van der Waals surface area contributed by atoms with Crippen LogP contribution in [0.4, 0.5) is 9.59 Å². The van der Waals surface area contributed by atoms with Crippen LogP contribution in [-0.4, -0.2) is 164 Å². The molecule has 3 saturated heterocycles. The predicted molar refractivity (Wildman–Crippen MR) is 292 cm³/mol. The van der Waals surface area contributed by atoms with Gasteiger partial charge in [0.05, 0.1) is 66.9 Å². The van der Waals surface area contributed by atoms with Crippen LogP contribution in [0.1, 0.15) is 120 Å². The van der Waals surface area contributed by atoms with E-state index in [1.54, 1.807) is 100 Å². The highest BCUT2D eigenvalue weighted by atomic mass is 31.2. The van der Waals surface area contributed by atoms with E-state index in [1.165, 1.54) is 33.1 Å². The number of methoxy groups -OCH3 is 2. The number of aliphatic hydroxyl groups is 2. The van der Waals surface area contributed by atoms with Crippen LogP contribution in [-0.2, 0) is 88.5 Å². The van der Waals surface area contributed by atoms with Gasteiger partial charge in [0.1, 0.15) is 43.2 Å². The Kier molecular flexibility index (Phi) is 24.5. The van der Waals surface area contributed by atoms with Gasteiger partial charge in [0.25, 0.3) is 0 Å². The molecule has 21 nitrogen and oxygen atoms in total. The summed E-state index contributed by atoms with van der Waals surface area (Å²) >= 11 is 0. The Bertz CT molecular complexity index is 2320. The molecular formula is C58H90NO20P. The molecule has 0 spiro atoms. The lowest BCUT2D eigenvalue weighted by molar-refractivity contribution is -0.319. The number of Topliss-reactive ketones (excluding diaryl/α,β-unsaturated/α-hetero) is 1. The van der Waals surface area contributed by atoms with Gasteiger partial charge in [-0.15, -0.1) is 0 Å². The standard InChI is InChI=1S/C58H90NO20P/c1-16-44-58(12,65)51(71-34-80(66,72-17-2)73-18-3)37(6)46(60)35(4)30-57(11,68-15)50(38(7)47(39(8)52(62)76-44)77-45-31-56(10,67-14)49(61)40(9)75-45)79-53-48(78-55(64)70-33-42-27-23-20-24-28-42)43(29-36(5)74-53)59(13)54(63)69-32-41-25-21-19-22-26-41/h19-28,35-40,43-45,47-51,53,61,65H,16-18,29-34H2,1-15H3/t35-,36-,37+,38+,39-,40+,43+,44-,45+,47+,48-,49+,50-,51-,53+,56-,57+,58-/m1/s1.